The lowest BCUT2D eigenvalue weighted by Gasteiger charge is -2.18. The van der Waals surface area contributed by atoms with Crippen molar-refractivity contribution in [2.45, 2.75) is 40.2 Å². The van der Waals surface area contributed by atoms with Crippen LogP contribution in [0.15, 0.2) is 18.2 Å². The first-order valence-electron chi connectivity index (χ1n) is 6.08. The van der Waals surface area contributed by atoms with E-state index in [1.807, 2.05) is 39.8 Å². The second-order valence-electron chi connectivity index (χ2n) is 4.78. The zero-order valence-electron chi connectivity index (χ0n) is 11.1. The summed E-state index contributed by atoms with van der Waals surface area (Å²) in [5.41, 5.74) is 8.98. The summed E-state index contributed by atoms with van der Waals surface area (Å²) in [4.78, 5) is 11.9. The van der Waals surface area contributed by atoms with Crippen molar-refractivity contribution in [2.75, 3.05) is 5.32 Å². The smallest absolute Gasteiger partial charge is 0.241 e. The van der Waals surface area contributed by atoms with Gasteiger partial charge in [-0.3, -0.25) is 4.79 Å². The number of benzene rings is 1. The third-order valence-corrected chi connectivity index (χ3v) is 3.05. The Morgan fingerprint density at radius 3 is 2.29 bits per heavy atom. The van der Waals surface area contributed by atoms with Gasteiger partial charge in [0.25, 0.3) is 0 Å². The summed E-state index contributed by atoms with van der Waals surface area (Å²) in [5, 5.41) is 2.87. The molecule has 0 bridgehead atoms. The van der Waals surface area contributed by atoms with Gasteiger partial charge in [-0.05, 0) is 43.0 Å². The number of aryl methyl sites for hydroxylation is 2. The predicted octanol–water partition coefficient (Wildman–Crippen LogP) is 2.62. The van der Waals surface area contributed by atoms with Crippen molar-refractivity contribution >= 4 is 11.6 Å². The molecule has 3 nitrogen and oxygen atoms in total. The fraction of sp³-hybridized carbons (Fsp3) is 0.500. The number of rotatable bonds is 4. The molecule has 1 aromatic carbocycles. The monoisotopic (exact) mass is 234 g/mol. The van der Waals surface area contributed by atoms with E-state index in [2.05, 4.69) is 11.4 Å². The Kier molecular flexibility index (Phi) is 4.70. The van der Waals surface area contributed by atoms with Crippen LogP contribution in [0.1, 0.15) is 31.4 Å². The van der Waals surface area contributed by atoms with Crippen molar-refractivity contribution in [3.63, 3.8) is 0 Å². The molecule has 0 aliphatic rings. The minimum absolute atomic E-state index is 0.107. The van der Waals surface area contributed by atoms with Crippen LogP contribution < -0.4 is 11.1 Å². The highest BCUT2D eigenvalue weighted by Gasteiger charge is 2.19. The van der Waals surface area contributed by atoms with Gasteiger partial charge < -0.3 is 11.1 Å². The Hall–Kier alpha value is -1.35. The van der Waals surface area contributed by atoms with Gasteiger partial charge in [0, 0.05) is 5.69 Å². The summed E-state index contributed by atoms with van der Waals surface area (Å²) >= 11 is 0. The minimum Gasteiger partial charge on any atom is -0.325 e. The molecule has 0 saturated heterocycles. The molecular weight excluding hydrogens is 212 g/mol. The molecule has 0 unspecified atom stereocenters. The Morgan fingerprint density at radius 2 is 1.82 bits per heavy atom. The average Bonchev–Trinajstić information content (AvgIpc) is 2.25. The predicted molar refractivity (Wildman–Crippen MR) is 72.0 cm³/mol. The zero-order valence-corrected chi connectivity index (χ0v) is 11.1. The molecule has 1 rings (SSSR count). The first kappa shape index (κ1) is 13.7. The van der Waals surface area contributed by atoms with Crippen molar-refractivity contribution in [3.05, 3.63) is 29.3 Å². The first-order valence-corrected chi connectivity index (χ1v) is 6.08. The SMILES string of the molecule is CC[C@H](C)[C@H](N)C(=O)Nc1cc(C)cc(C)c1. The molecule has 0 saturated carbocycles. The van der Waals surface area contributed by atoms with Crippen molar-refractivity contribution in [3.8, 4) is 0 Å². The first-order chi connectivity index (χ1) is 7.93. The van der Waals surface area contributed by atoms with Crippen LogP contribution in [0.5, 0.6) is 0 Å². The van der Waals surface area contributed by atoms with Gasteiger partial charge in [0.05, 0.1) is 6.04 Å². The quantitative estimate of drug-likeness (QED) is 0.841. The molecular formula is C14H22N2O. The Bertz CT molecular complexity index is 381. The lowest BCUT2D eigenvalue weighted by Crippen LogP contribution is -2.40. The van der Waals surface area contributed by atoms with Crippen LogP contribution in [-0.2, 0) is 4.79 Å². The maximum absolute atomic E-state index is 11.9. The van der Waals surface area contributed by atoms with Gasteiger partial charge in [-0.15, -0.1) is 0 Å². The molecule has 0 aromatic heterocycles. The van der Waals surface area contributed by atoms with Gasteiger partial charge in [-0.1, -0.05) is 26.3 Å². The van der Waals surface area contributed by atoms with Gasteiger partial charge in [-0.25, -0.2) is 0 Å². The van der Waals surface area contributed by atoms with E-state index in [9.17, 15) is 4.79 Å². The third-order valence-electron chi connectivity index (χ3n) is 3.05. The summed E-state index contributed by atoms with van der Waals surface area (Å²) in [6, 6.07) is 5.54. The maximum Gasteiger partial charge on any atom is 0.241 e. The molecule has 0 aliphatic heterocycles. The van der Waals surface area contributed by atoms with Crippen LogP contribution in [0.3, 0.4) is 0 Å². The average molecular weight is 234 g/mol. The van der Waals surface area contributed by atoms with Crippen LogP contribution in [0.2, 0.25) is 0 Å². The summed E-state index contributed by atoms with van der Waals surface area (Å²) in [5.74, 6) is 0.0882. The van der Waals surface area contributed by atoms with Crippen LogP contribution in [0.4, 0.5) is 5.69 Å². The Balaban J connectivity index is 2.74. The van der Waals surface area contributed by atoms with E-state index in [1.165, 1.54) is 0 Å². The fourth-order valence-electron chi connectivity index (χ4n) is 1.78. The molecule has 3 heteroatoms. The molecule has 0 spiro atoms. The lowest BCUT2D eigenvalue weighted by atomic mass is 9.99. The molecule has 94 valence electrons. The maximum atomic E-state index is 11.9. The van der Waals surface area contributed by atoms with E-state index in [0.717, 1.165) is 23.2 Å². The van der Waals surface area contributed by atoms with Gasteiger partial charge in [0.1, 0.15) is 0 Å². The van der Waals surface area contributed by atoms with E-state index in [-0.39, 0.29) is 11.8 Å². The van der Waals surface area contributed by atoms with E-state index >= 15 is 0 Å². The Morgan fingerprint density at radius 1 is 1.29 bits per heavy atom. The molecule has 2 atom stereocenters. The summed E-state index contributed by atoms with van der Waals surface area (Å²) in [7, 11) is 0. The molecule has 1 amide bonds. The van der Waals surface area contributed by atoms with Crippen molar-refractivity contribution in [2.24, 2.45) is 11.7 Å². The number of carbonyl (C=O) groups excluding carboxylic acids is 1. The van der Waals surface area contributed by atoms with Crippen LogP contribution in [0.25, 0.3) is 0 Å². The normalized spacial score (nSPS) is 14.2. The van der Waals surface area contributed by atoms with Crippen LogP contribution >= 0.6 is 0 Å². The number of nitrogens with one attached hydrogen (secondary N) is 1. The summed E-state index contributed by atoms with van der Waals surface area (Å²) < 4.78 is 0. The molecule has 1 aromatic rings. The standard InChI is InChI=1S/C14H22N2O/c1-5-11(4)13(15)14(17)16-12-7-9(2)6-10(3)8-12/h6-8,11,13H,5,15H2,1-4H3,(H,16,17)/t11-,13-/m0/s1. The van der Waals surface area contributed by atoms with E-state index < -0.39 is 6.04 Å². The van der Waals surface area contributed by atoms with Crippen molar-refractivity contribution < 1.29 is 4.79 Å². The zero-order chi connectivity index (χ0) is 13.0. The van der Waals surface area contributed by atoms with Crippen LogP contribution in [-0.4, -0.2) is 11.9 Å². The van der Waals surface area contributed by atoms with E-state index in [1.54, 1.807) is 0 Å². The second-order valence-corrected chi connectivity index (χ2v) is 4.78. The summed E-state index contributed by atoms with van der Waals surface area (Å²) in [6.07, 6.45) is 0.904. The van der Waals surface area contributed by atoms with E-state index in [0.29, 0.717) is 0 Å². The minimum atomic E-state index is -0.444. The molecule has 0 fully saturated rings. The number of nitrogens with two attached hydrogens (primary N) is 1. The highest BCUT2D eigenvalue weighted by molar-refractivity contribution is 5.95. The number of amides is 1. The molecule has 0 aliphatic carbocycles. The van der Waals surface area contributed by atoms with Gasteiger partial charge in [-0.2, -0.15) is 0 Å². The number of hydrogen-bond acceptors (Lipinski definition) is 2. The topological polar surface area (TPSA) is 55.1 Å². The lowest BCUT2D eigenvalue weighted by molar-refractivity contribution is -0.118. The largest absolute Gasteiger partial charge is 0.325 e. The number of carbonyl (C=O) groups is 1. The second kappa shape index (κ2) is 5.82. The highest BCUT2D eigenvalue weighted by Crippen LogP contribution is 2.15. The van der Waals surface area contributed by atoms with Crippen molar-refractivity contribution in [1.82, 2.24) is 0 Å². The highest BCUT2D eigenvalue weighted by atomic mass is 16.2. The summed E-state index contributed by atoms with van der Waals surface area (Å²) in [6.45, 7) is 8.05. The molecule has 0 heterocycles. The van der Waals surface area contributed by atoms with Gasteiger partial charge >= 0.3 is 0 Å². The molecule has 3 N–H and O–H groups in total. The third kappa shape index (κ3) is 3.86. The molecule has 17 heavy (non-hydrogen) atoms. The van der Waals surface area contributed by atoms with Gasteiger partial charge in [0.2, 0.25) is 5.91 Å². The van der Waals surface area contributed by atoms with Crippen molar-refractivity contribution in [1.29, 1.82) is 0 Å². The van der Waals surface area contributed by atoms with Crippen LogP contribution in [0, 0.1) is 19.8 Å². The fourth-order valence-corrected chi connectivity index (χ4v) is 1.78. The van der Waals surface area contributed by atoms with E-state index in [4.69, 9.17) is 5.73 Å². The van der Waals surface area contributed by atoms with Gasteiger partial charge in [0.15, 0.2) is 0 Å². The Labute approximate surface area is 103 Å². The number of hydrogen-bond donors (Lipinski definition) is 2. The number of anilines is 1. The molecule has 0 radical (unpaired) electrons.